The van der Waals surface area contributed by atoms with Crippen LogP contribution in [0.1, 0.15) is 35.3 Å². The molecule has 0 N–H and O–H groups in total. The van der Waals surface area contributed by atoms with Crippen LogP contribution in [0.2, 0.25) is 0 Å². The van der Waals surface area contributed by atoms with Crippen molar-refractivity contribution in [2.75, 3.05) is 0 Å². The van der Waals surface area contributed by atoms with Gasteiger partial charge in [-0.3, -0.25) is 0 Å². The first-order chi connectivity index (χ1) is 20.3. The summed E-state index contributed by atoms with van der Waals surface area (Å²) in [6.45, 7) is 0. The number of aryl methyl sites for hydroxylation is 2. The third kappa shape index (κ3) is 3.07. The molecule has 1 atom stereocenters. The molecule has 0 saturated heterocycles. The summed E-state index contributed by atoms with van der Waals surface area (Å²) in [4.78, 5) is 0. The fourth-order valence-corrected chi connectivity index (χ4v) is 7.84. The van der Waals surface area contributed by atoms with E-state index in [1.165, 1.54) is 103 Å². The van der Waals surface area contributed by atoms with Gasteiger partial charge in [-0.25, -0.2) is 0 Å². The number of hydrogen-bond acceptors (Lipinski definition) is 1. The second-order valence-electron chi connectivity index (χ2n) is 12.3. The minimum absolute atomic E-state index is 0.455. The highest BCUT2D eigenvalue weighted by Gasteiger charge is 2.30. The standard InChI is InChI=1S/C40H28O/c1-3-7-33-31(5-1)39(27-14-10-23-9-11-24(23)17-27)32-6-2-4-8-34(32)40(33)28-15-16-37-35(20-28)36-21-29-18-25-12-13-26(25)19-30(29)22-38(36)41-37/h1-8,10,14-21,30H,9,11-13,22H2. The summed E-state index contributed by atoms with van der Waals surface area (Å²) < 4.78 is 6.49. The van der Waals surface area contributed by atoms with Crippen molar-refractivity contribution < 1.29 is 4.42 Å². The molecule has 0 bridgehead atoms. The van der Waals surface area contributed by atoms with Crippen LogP contribution in [0, 0.1) is 5.92 Å². The van der Waals surface area contributed by atoms with E-state index in [1.54, 1.807) is 5.57 Å². The summed E-state index contributed by atoms with van der Waals surface area (Å²) in [6, 6.07) is 31.9. The average Bonchev–Trinajstić information content (AvgIpc) is 3.33. The maximum atomic E-state index is 6.49. The van der Waals surface area contributed by atoms with Crippen LogP contribution in [0.15, 0.2) is 118 Å². The zero-order valence-electron chi connectivity index (χ0n) is 22.8. The van der Waals surface area contributed by atoms with Crippen LogP contribution in [-0.2, 0) is 19.3 Å². The zero-order chi connectivity index (χ0) is 26.7. The largest absolute Gasteiger partial charge is 0.460 e. The van der Waals surface area contributed by atoms with Gasteiger partial charge in [0.05, 0.1) is 0 Å². The minimum atomic E-state index is 0.455. The first-order valence-electron chi connectivity index (χ1n) is 15.0. The monoisotopic (exact) mass is 524 g/mol. The van der Waals surface area contributed by atoms with E-state index in [4.69, 9.17) is 4.42 Å². The molecule has 0 aliphatic heterocycles. The maximum absolute atomic E-state index is 6.49. The topological polar surface area (TPSA) is 13.1 Å². The van der Waals surface area contributed by atoms with E-state index >= 15 is 0 Å². The van der Waals surface area contributed by atoms with Crippen molar-refractivity contribution in [1.29, 1.82) is 0 Å². The second-order valence-corrected chi connectivity index (χ2v) is 12.3. The van der Waals surface area contributed by atoms with Crippen molar-refractivity contribution in [3.63, 3.8) is 0 Å². The molecule has 1 fully saturated rings. The van der Waals surface area contributed by atoms with Crippen LogP contribution in [-0.4, -0.2) is 0 Å². The molecule has 10 rings (SSSR count). The van der Waals surface area contributed by atoms with Gasteiger partial charge in [-0.1, -0.05) is 84.9 Å². The molecule has 41 heavy (non-hydrogen) atoms. The molecule has 194 valence electrons. The molecule has 4 aliphatic carbocycles. The van der Waals surface area contributed by atoms with Gasteiger partial charge >= 0.3 is 0 Å². The fourth-order valence-electron chi connectivity index (χ4n) is 7.84. The van der Waals surface area contributed by atoms with Gasteiger partial charge in [0.15, 0.2) is 0 Å². The van der Waals surface area contributed by atoms with E-state index in [0.717, 1.165) is 17.8 Å². The molecule has 1 aromatic heterocycles. The van der Waals surface area contributed by atoms with E-state index < -0.39 is 0 Å². The van der Waals surface area contributed by atoms with Crippen LogP contribution < -0.4 is 0 Å². The SMILES string of the molecule is C1=C2CCC2=CC2Cc3oc4ccc(-c5c6ccccc6c(-c6ccc7c(c6)CC7)c6ccccc56)cc4c3C=C12. The van der Waals surface area contributed by atoms with Crippen molar-refractivity contribution in [2.24, 2.45) is 5.92 Å². The number of fused-ring (bicyclic) bond motifs is 8. The highest BCUT2D eigenvalue weighted by molar-refractivity contribution is 6.21. The fraction of sp³-hybridized carbons (Fsp3) is 0.150. The smallest absolute Gasteiger partial charge is 0.134 e. The van der Waals surface area contributed by atoms with Gasteiger partial charge in [-0.05, 0) is 116 Å². The summed E-state index contributed by atoms with van der Waals surface area (Å²) in [7, 11) is 0. The number of rotatable bonds is 2. The predicted octanol–water partition coefficient (Wildman–Crippen LogP) is 10.4. The molecular weight excluding hydrogens is 496 g/mol. The van der Waals surface area contributed by atoms with E-state index in [9.17, 15) is 0 Å². The summed E-state index contributed by atoms with van der Waals surface area (Å²) in [5.41, 5.74) is 15.0. The van der Waals surface area contributed by atoms with Gasteiger partial charge in [0.25, 0.3) is 0 Å². The van der Waals surface area contributed by atoms with Crippen LogP contribution in [0.25, 0.3) is 60.8 Å². The van der Waals surface area contributed by atoms with Gasteiger partial charge in [0.2, 0.25) is 0 Å². The molecule has 4 aliphatic rings. The van der Waals surface area contributed by atoms with Crippen LogP contribution in [0.4, 0.5) is 0 Å². The van der Waals surface area contributed by atoms with E-state index in [0.29, 0.717) is 5.92 Å². The van der Waals surface area contributed by atoms with Crippen LogP contribution in [0.5, 0.6) is 0 Å². The Bertz CT molecular complexity index is 2170. The van der Waals surface area contributed by atoms with Crippen molar-refractivity contribution in [3.05, 3.63) is 136 Å². The average molecular weight is 525 g/mol. The molecule has 6 aromatic rings. The normalized spacial score (nSPS) is 18.4. The third-order valence-electron chi connectivity index (χ3n) is 10.1. The predicted molar refractivity (Wildman–Crippen MR) is 170 cm³/mol. The van der Waals surface area contributed by atoms with E-state index in [-0.39, 0.29) is 0 Å². The Morgan fingerprint density at radius 2 is 1.22 bits per heavy atom. The third-order valence-corrected chi connectivity index (χ3v) is 10.1. The van der Waals surface area contributed by atoms with Crippen molar-refractivity contribution >= 4 is 38.6 Å². The molecular formula is C40H28O. The number of hydrogen-bond donors (Lipinski definition) is 0. The molecule has 1 heterocycles. The van der Waals surface area contributed by atoms with E-state index in [1.807, 2.05) is 0 Å². The Morgan fingerprint density at radius 3 is 1.85 bits per heavy atom. The van der Waals surface area contributed by atoms with Gasteiger partial charge in [0.1, 0.15) is 11.3 Å². The summed E-state index contributed by atoms with van der Waals surface area (Å²) >= 11 is 0. The van der Waals surface area contributed by atoms with Gasteiger partial charge < -0.3 is 4.42 Å². The molecule has 1 saturated carbocycles. The lowest BCUT2D eigenvalue weighted by molar-refractivity contribution is 0.518. The molecule has 1 unspecified atom stereocenters. The highest BCUT2D eigenvalue weighted by Crippen LogP contribution is 2.48. The van der Waals surface area contributed by atoms with Crippen molar-refractivity contribution in [2.45, 2.75) is 32.1 Å². The summed E-state index contributed by atoms with van der Waals surface area (Å²) in [6.07, 6.45) is 13.2. The second kappa shape index (κ2) is 7.98. The van der Waals surface area contributed by atoms with Gasteiger partial charge in [-0.15, -0.1) is 0 Å². The lowest BCUT2D eigenvalue weighted by Crippen LogP contribution is -2.17. The number of allylic oxidation sites excluding steroid dienone is 5. The molecule has 5 aromatic carbocycles. The van der Waals surface area contributed by atoms with Gasteiger partial charge in [0, 0.05) is 23.3 Å². The molecule has 1 nitrogen and oxygen atoms in total. The Kier molecular flexibility index (Phi) is 4.31. The summed E-state index contributed by atoms with van der Waals surface area (Å²) in [5, 5.41) is 6.47. The minimum Gasteiger partial charge on any atom is -0.460 e. The van der Waals surface area contributed by atoms with Crippen LogP contribution >= 0.6 is 0 Å². The number of furan rings is 1. The molecule has 0 amide bonds. The first kappa shape index (κ1) is 22.1. The molecule has 1 heteroatoms. The van der Waals surface area contributed by atoms with Crippen molar-refractivity contribution in [3.8, 4) is 22.3 Å². The molecule has 0 radical (unpaired) electrons. The Morgan fingerprint density at radius 1 is 0.561 bits per heavy atom. The molecule has 0 spiro atoms. The van der Waals surface area contributed by atoms with Crippen molar-refractivity contribution in [1.82, 2.24) is 0 Å². The lowest BCUT2D eigenvalue weighted by atomic mass is 9.73. The first-order valence-corrected chi connectivity index (χ1v) is 15.0. The number of benzene rings is 5. The Balaban J connectivity index is 1.22. The van der Waals surface area contributed by atoms with Crippen LogP contribution in [0.3, 0.4) is 0 Å². The zero-order valence-corrected chi connectivity index (χ0v) is 22.8. The maximum Gasteiger partial charge on any atom is 0.134 e. The highest BCUT2D eigenvalue weighted by atomic mass is 16.3. The van der Waals surface area contributed by atoms with E-state index in [2.05, 4.69) is 103 Å². The lowest BCUT2D eigenvalue weighted by Gasteiger charge is -2.32. The Hall–Kier alpha value is -4.62. The summed E-state index contributed by atoms with van der Waals surface area (Å²) in [5.74, 6) is 1.58. The quantitative estimate of drug-likeness (QED) is 0.205. The Labute approximate surface area is 239 Å². The van der Waals surface area contributed by atoms with Gasteiger partial charge in [-0.2, -0.15) is 0 Å².